The van der Waals surface area contributed by atoms with E-state index in [1.807, 2.05) is 27.2 Å². The van der Waals surface area contributed by atoms with Crippen molar-refractivity contribution < 1.29 is 32.9 Å². The number of amides is 1. The molecule has 0 radical (unpaired) electrons. The number of carbonyl (C=O) groups is 1. The quantitative estimate of drug-likeness (QED) is 0.0272. The summed E-state index contributed by atoms with van der Waals surface area (Å²) in [5.74, 6) is -0.214. The van der Waals surface area contributed by atoms with E-state index in [4.69, 9.17) is 9.05 Å². The van der Waals surface area contributed by atoms with Gasteiger partial charge in [-0.2, -0.15) is 0 Å². The summed E-state index contributed by atoms with van der Waals surface area (Å²) in [6.45, 7) is 4.54. The summed E-state index contributed by atoms with van der Waals surface area (Å²) in [4.78, 5) is 25.6. The molecule has 77 heavy (non-hydrogen) atoms. The third-order valence-corrected chi connectivity index (χ3v) is 14.7. The molecule has 0 aromatic carbocycles. The molecule has 0 fully saturated rings. The molecule has 8 nitrogen and oxygen atoms in total. The van der Waals surface area contributed by atoms with Crippen molar-refractivity contribution in [1.29, 1.82) is 0 Å². The molecule has 0 bridgehead atoms. The van der Waals surface area contributed by atoms with Crippen LogP contribution in [0.2, 0.25) is 0 Å². The topological polar surface area (TPSA) is 108 Å². The summed E-state index contributed by atoms with van der Waals surface area (Å²) in [5.41, 5.74) is 0. The van der Waals surface area contributed by atoms with E-state index >= 15 is 0 Å². The van der Waals surface area contributed by atoms with Crippen LogP contribution >= 0.6 is 7.82 Å². The molecule has 0 rings (SSSR count). The van der Waals surface area contributed by atoms with Gasteiger partial charge in [-0.25, -0.2) is 0 Å². The van der Waals surface area contributed by atoms with Gasteiger partial charge < -0.3 is 28.8 Å². The standard InChI is InChI=1S/C68H121N2O6P/c1-6-8-10-12-14-16-18-20-22-24-26-28-30-32-33-34-35-36-37-38-40-42-44-46-48-50-52-54-56-58-60-62-68(72)69-66(65-76-77(73,74)75-64-63-70(3,4)5)67(71)61-59-57-55-53-51-49-47-45-43-41-39-31-29-27-25-23-21-19-17-15-13-11-9-7-2/h8,10,14,16,20,22,26,28,32-33,35-36,38,40,44,46,59,61,66-67,71H,6-7,9,11-13,15,17-19,21,23-25,27,29-31,34,37,39,41-43,45,47-58,60,62-65H2,1-5H3,(H-,69,72,73,74)/b10-8-,16-14-,22-20-,28-26-,33-32-,36-35-,40-38-,46-44-,61-59+. The van der Waals surface area contributed by atoms with Crippen LogP contribution in [0.15, 0.2) is 109 Å². The number of nitrogens with one attached hydrogen (secondary N) is 1. The predicted molar refractivity (Wildman–Crippen MR) is 334 cm³/mol. The van der Waals surface area contributed by atoms with E-state index in [1.54, 1.807) is 6.08 Å². The molecule has 444 valence electrons. The highest BCUT2D eigenvalue weighted by Crippen LogP contribution is 2.38. The summed E-state index contributed by atoms with van der Waals surface area (Å²) < 4.78 is 23.4. The van der Waals surface area contributed by atoms with Gasteiger partial charge in [-0.1, -0.05) is 284 Å². The molecule has 3 unspecified atom stereocenters. The second-order valence-electron chi connectivity index (χ2n) is 22.4. The van der Waals surface area contributed by atoms with Gasteiger partial charge in [0.05, 0.1) is 39.9 Å². The lowest BCUT2D eigenvalue weighted by molar-refractivity contribution is -0.870. The van der Waals surface area contributed by atoms with Crippen LogP contribution in [0.25, 0.3) is 0 Å². The number of nitrogens with zero attached hydrogens (tertiary/aromatic N) is 1. The summed E-state index contributed by atoms with van der Waals surface area (Å²) in [6.07, 6.45) is 84.6. The Morgan fingerprint density at radius 1 is 0.468 bits per heavy atom. The number of phosphoric ester groups is 1. The zero-order valence-corrected chi connectivity index (χ0v) is 51.5. The predicted octanol–water partition coefficient (Wildman–Crippen LogP) is 19.3. The van der Waals surface area contributed by atoms with Gasteiger partial charge in [-0.3, -0.25) is 9.36 Å². The van der Waals surface area contributed by atoms with Crippen LogP contribution in [0.1, 0.15) is 264 Å². The van der Waals surface area contributed by atoms with Gasteiger partial charge in [0.25, 0.3) is 7.82 Å². The average molecular weight is 1090 g/mol. The smallest absolute Gasteiger partial charge is 0.268 e. The third kappa shape index (κ3) is 60.6. The molecule has 9 heteroatoms. The van der Waals surface area contributed by atoms with Crippen LogP contribution in [0.4, 0.5) is 0 Å². The molecule has 0 heterocycles. The van der Waals surface area contributed by atoms with Crippen LogP contribution < -0.4 is 10.2 Å². The Morgan fingerprint density at radius 3 is 1.16 bits per heavy atom. The third-order valence-electron chi connectivity index (χ3n) is 13.7. The van der Waals surface area contributed by atoms with Crippen molar-refractivity contribution in [2.75, 3.05) is 40.9 Å². The van der Waals surface area contributed by atoms with Crippen molar-refractivity contribution in [3.8, 4) is 0 Å². The monoisotopic (exact) mass is 1090 g/mol. The first kappa shape index (κ1) is 74.2. The normalized spacial score (nSPS) is 14.5. The Hall–Kier alpha value is -2.84. The van der Waals surface area contributed by atoms with E-state index in [1.165, 1.54) is 135 Å². The molecule has 0 aliphatic rings. The van der Waals surface area contributed by atoms with E-state index in [0.717, 1.165) is 109 Å². The van der Waals surface area contributed by atoms with Crippen LogP contribution in [0.5, 0.6) is 0 Å². The van der Waals surface area contributed by atoms with Crippen molar-refractivity contribution in [3.05, 3.63) is 109 Å². The SMILES string of the molecule is CC/C=C\C/C=C\C/C=C\C/C=C\C/C=C\C/C=C\C/C=C\C/C=C\CCCCCCCCC(=O)NC(COP(=O)([O-])OCC[N+](C)(C)C)C(O)/C=C/CCCCCCCCCCCCCCCCCCCCCCCC. The van der Waals surface area contributed by atoms with Gasteiger partial charge in [-0.15, -0.1) is 0 Å². The fourth-order valence-corrected chi connectivity index (χ4v) is 9.54. The van der Waals surface area contributed by atoms with Gasteiger partial charge in [0.2, 0.25) is 5.91 Å². The summed E-state index contributed by atoms with van der Waals surface area (Å²) >= 11 is 0. The molecule has 0 aromatic heterocycles. The second-order valence-corrected chi connectivity index (χ2v) is 23.8. The largest absolute Gasteiger partial charge is 0.756 e. The van der Waals surface area contributed by atoms with Crippen molar-refractivity contribution in [1.82, 2.24) is 5.32 Å². The number of phosphoric acid groups is 1. The molecule has 1 amide bonds. The Kier molecular flexibility index (Phi) is 55.7. The number of carbonyl (C=O) groups excluding carboxylic acids is 1. The highest BCUT2D eigenvalue weighted by molar-refractivity contribution is 7.45. The zero-order valence-electron chi connectivity index (χ0n) is 50.6. The summed E-state index contributed by atoms with van der Waals surface area (Å²) in [5, 5.41) is 13.9. The molecule has 0 aliphatic carbocycles. The lowest BCUT2D eigenvalue weighted by atomic mass is 10.0. The number of aliphatic hydroxyl groups excluding tert-OH is 1. The highest BCUT2D eigenvalue weighted by Gasteiger charge is 2.23. The summed E-state index contributed by atoms with van der Waals surface area (Å²) in [6, 6.07) is -0.904. The second kappa shape index (κ2) is 57.8. The van der Waals surface area contributed by atoms with E-state index in [9.17, 15) is 19.4 Å². The maximum Gasteiger partial charge on any atom is 0.268 e. The number of likely N-dealkylation sites (N-methyl/N-ethyl adjacent to an activating group) is 1. The number of rotatable bonds is 57. The van der Waals surface area contributed by atoms with Crippen LogP contribution in [0.3, 0.4) is 0 Å². The molecular formula is C68H121N2O6P. The Bertz CT molecular complexity index is 1620. The highest BCUT2D eigenvalue weighted by atomic mass is 31.2. The number of allylic oxidation sites excluding steroid dienone is 17. The molecule has 0 aliphatic heterocycles. The van der Waals surface area contributed by atoms with E-state index in [2.05, 4.69) is 116 Å². The average Bonchev–Trinajstić information content (AvgIpc) is 3.39. The number of unbranched alkanes of at least 4 members (excludes halogenated alkanes) is 28. The molecule has 2 N–H and O–H groups in total. The van der Waals surface area contributed by atoms with Gasteiger partial charge >= 0.3 is 0 Å². The molecule has 3 atom stereocenters. The van der Waals surface area contributed by atoms with Crippen LogP contribution in [-0.4, -0.2) is 68.5 Å². The van der Waals surface area contributed by atoms with E-state index in [0.29, 0.717) is 17.4 Å². The minimum Gasteiger partial charge on any atom is -0.756 e. The van der Waals surface area contributed by atoms with Gasteiger partial charge in [0, 0.05) is 6.42 Å². The maximum absolute atomic E-state index is 13.0. The first-order valence-electron chi connectivity index (χ1n) is 31.7. The van der Waals surface area contributed by atoms with Gasteiger partial charge in [0.1, 0.15) is 13.2 Å². The Labute approximate surface area is 476 Å². The molecule has 0 aromatic rings. The lowest BCUT2D eigenvalue weighted by Gasteiger charge is -2.29. The first-order chi connectivity index (χ1) is 37.5. The lowest BCUT2D eigenvalue weighted by Crippen LogP contribution is -2.45. The number of aliphatic hydroxyl groups is 1. The van der Waals surface area contributed by atoms with E-state index < -0.39 is 26.6 Å². The summed E-state index contributed by atoms with van der Waals surface area (Å²) in [7, 11) is 1.24. The van der Waals surface area contributed by atoms with Gasteiger partial charge in [-0.05, 0) is 83.5 Å². The first-order valence-corrected chi connectivity index (χ1v) is 33.2. The van der Waals surface area contributed by atoms with Crippen molar-refractivity contribution in [3.63, 3.8) is 0 Å². The van der Waals surface area contributed by atoms with Crippen LogP contribution in [0, 0.1) is 0 Å². The number of hydrogen-bond acceptors (Lipinski definition) is 6. The van der Waals surface area contributed by atoms with Gasteiger partial charge in [0.15, 0.2) is 0 Å². The number of quaternary nitrogens is 1. The zero-order chi connectivity index (χ0) is 56.3. The van der Waals surface area contributed by atoms with Crippen molar-refractivity contribution in [2.24, 2.45) is 0 Å². The fourth-order valence-electron chi connectivity index (χ4n) is 8.82. The maximum atomic E-state index is 13.0. The van der Waals surface area contributed by atoms with E-state index in [-0.39, 0.29) is 12.5 Å². The Balaban J connectivity index is 4.24. The van der Waals surface area contributed by atoms with Crippen molar-refractivity contribution >= 4 is 13.7 Å². The number of hydrogen-bond donors (Lipinski definition) is 2. The fraction of sp³-hybridized carbons (Fsp3) is 0.721. The minimum atomic E-state index is -4.61. The molecule has 0 saturated carbocycles. The molecule has 0 spiro atoms. The Morgan fingerprint density at radius 2 is 0.792 bits per heavy atom. The minimum absolute atomic E-state index is 0.00949. The molecular weight excluding hydrogens is 972 g/mol. The van der Waals surface area contributed by atoms with Crippen molar-refractivity contribution in [2.45, 2.75) is 276 Å². The van der Waals surface area contributed by atoms with Crippen LogP contribution in [-0.2, 0) is 18.4 Å². The molecule has 0 saturated heterocycles.